The molecule has 108 valence electrons. The number of aromatic nitrogens is 2. The van der Waals surface area contributed by atoms with Gasteiger partial charge in [-0.3, -0.25) is 0 Å². The predicted octanol–water partition coefficient (Wildman–Crippen LogP) is 2.46. The van der Waals surface area contributed by atoms with Crippen LogP contribution in [0.3, 0.4) is 0 Å². The van der Waals surface area contributed by atoms with E-state index < -0.39 is 5.82 Å². The fraction of sp³-hybridized carbons (Fsp3) is 0.385. The molecule has 6 nitrogen and oxygen atoms in total. The molecular weight excluding hydrogens is 263 g/mol. The van der Waals surface area contributed by atoms with Crippen LogP contribution in [-0.2, 0) is 6.54 Å². The number of hydrogen-bond acceptors (Lipinski definition) is 6. The molecule has 20 heavy (non-hydrogen) atoms. The van der Waals surface area contributed by atoms with Crippen molar-refractivity contribution in [3.8, 4) is 5.75 Å². The maximum Gasteiger partial charge on any atom is 0.320 e. The van der Waals surface area contributed by atoms with Crippen LogP contribution in [0, 0.1) is 5.82 Å². The number of hydrogen-bond donors (Lipinski definition) is 2. The Bertz CT molecular complexity index is 571. The van der Waals surface area contributed by atoms with Crippen LogP contribution < -0.4 is 15.4 Å². The largest absolute Gasteiger partial charge is 0.494 e. The minimum absolute atomic E-state index is 0.149. The van der Waals surface area contributed by atoms with E-state index in [0.717, 1.165) is 0 Å². The minimum Gasteiger partial charge on any atom is -0.494 e. The van der Waals surface area contributed by atoms with Gasteiger partial charge in [-0.25, -0.2) is 4.39 Å². The molecule has 7 heteroatoms. The van der Waals surface area contributed by atoms with E-state index in [9.17, 15) is 4.39 Å². The van der Waals surface area contributed by atoms with E-state index in [4.69, 9.17) is 9.15 Å². The van der Waals surface area contributed by atoms with Crippen molar-refractivity contribution in [1.82, 2.24) is 15.5 Å². The predicted molar refractivity (Wildman–Crippen MR) is 72.5 cm³/mol. The molecule has 0 spiro atoms. The van der Waals surface area contributed by atoms with Crippen molar-refractivity contribution in [2.75, 3.05) is 12.4 Å². The number of benzene rings is 1. The summed E-state index contributed by atoms with van der Waals surface area (Å²) in [5.41, 5.74) is 0.607. The van der Waals surface area contributed by atoms with Crippen molar-refractivity contribution in [1.29, 1.82) is 0 Å². The fourth-order valence-corrected chi connectivity index (χ4v) is 1.53. The molecule has 0 saturated carbocycles. The van der Waals surface area contributed by atoms with E-state index in [-0.39, 0.29) is 11.8 Å². The zero-order valence-electron chi connectivity index (χ0n) is 11.6. The van der Waals surface area contributed by atoms with Gasteiger partial charge in [0.05, 0.1) is 13.7 Å². The summed E-state index contributed by atoms with van der Waals surface area (Å²) in [4.78, 5) is 0. The molecule has 0 amide bonds. The maximum absolute atomic E-state index is 13.3. The lowest BCUT2D eigenvalue weighted by Crippen LogP contribution is -2.21. The minimum atomic E-state index is -0.426. The highest BCUT2D eigenvalue weighted by atomic mass is 19.1. The third kappa shape index (κ3) is 3.67. The third-order valence-electron chi connectivity index (χ3n) is 2.53. The molecule has 2 aromatic rings. The molecule has 0 radical (unpaired) electrons. The SMILES string of the molecule is COc1cc(Nc2nnc(CNC(C)C)o2)ccc1F. The van der Waals surface area contributed by atoms with Crippen LogP contribution in [-0.4, -0.2) is 23.3 Å². The second-order valence-corrected chi connectivity index (χ2v) is 4.51. The summed E-state index contributed by atoms with van der Waals surface area (Å²) in [5, 5.41) is 13.8. The van der Waals surface area contributed by atoms with Crippen LogP contribution in [0.2, 0.25) is 0 Å². The van der Waals surface area contributed by atoms with E-state index >= 15 is 0 Å². The highest BCUT2D eigenvalue weighted by Gasteiger charge is 2.08. The number of nitrogens with one attached hydrogen (secondary N) is 2. The Morgan fingerprint density at radius 3 is 2.85 bits per heavy atom. The Hall–Kier alpha value is -2.15. The molecule has 0 saturated heterocycles. The third-order valence-corrected chi connectivity index (χ3v) is 2.53. The van der Waals surface area contributed by atoms with Crippen molar-refractivity contribution in [3.05, 3.63) is 29.9 Å². The monoisotopic (exact) mass is 280 g/mol. The van der Waals surface area contributed by atoms with Crippen molar-refractivity contribution < 1.29 is 13.5 Å². The van der Waals surface area contributed by atoms with Gasteiger partial charge in [0.25, 0.3) is 0 Å². The Labute approximate surface area is 116 Å². The van der Waals surface area contributed by atoms with Gasteiger partial charge in [0, 0.05) is 17.8 Å². The molecule has 0 aliphatic carbocycles. The van der Waals surface area contributed by atoms with Crippen LogP contribution in [0.4, 0.5) is 16.1 Å². The summed E-state index contributed by atoms with van der Waals surface area (Å²) in [6.45, 7) is 4.56. The van der Waals surface area contributed by atoms with Gasteiger partial charge in [-0.05, 0) is 12.1 Å². The lowest BCUT2D eigenvalue weighted by molar-refractivity contribution is 0.387. The van der Waals surface area contributed by atoms with E-state index in [2.05, 4.69) is 20.8 Å². The summed E-state index contributed by atoms with van der Waals surface area (Å²) >= 11 is 0. The smallest absolute Gasteiger partial charge is 0.320 e. The first-order valence-corrected chi connectivity index (χ1v) is 6.25. The Morgan fingerprint density at radius 1 is 1.35 bits per heavy atom. The normalized spacial score (nSPS) is 10.8. The van der Waals surface area contributed by atoms with Crippen LogP contribution in [0.25, 0.3) is 0 Å². The van der Waals surface area contributed by atoms with Crippen molar-refractivity contribution in [2.24, 2.45) is 0 Å². The summed E-state index contributed by atoms with van der Waals surface area (Å²) in [5.74, 6) is 0.205. The van der Waals surface area contributed by atoms with Crippen LogP contribution >= 0.6 is 0 Å². The Morgan fingerprint density at radius 2 is 2.15 bits per heavy atom. The van der Waals surface area contributed by atoms with E-state index in [0.29, 0.717) is 24.2 Å². The van der Waals surface area contributed by atoms with Crippen molar-refractivity contribution in [2.45, 2.75) is 26.4 Å². The molecule has 0 aliphatic rings. The average Bonchev–Trinajstić information content (AvgIpc) is 2.86. The van der Waals surface area contributed by atoms with E-state index in [1.807, 2.05) is 13.8 Å². The van der Waals surface area contributed by atoms with Gasteiger partial charge in [-0.1, -0.05) is 18.9 Å². The van der Waals surface area contributed by atoms with Crippen LogP contribution in [0.1, 0.15) is 19.7 Å². The van der Waals surface area contributed by atoms with Gasteiger partial charge in [-0.2, -0.15) is 0 Å². The number of rotatable bonds is 6. The molecule has 1 aromatic carbocycles. The Balaban J connectivity index is 2.03. The first-order chi connectivity index (χ1) is 9.58. The van der Waals surface area contributed by atoms with Gasteiger partial charge in [-0.15, -0.1) is 5.10 Å². The lowest BCUT2D eigenvalue weighted by atomic mass is 10.3. The second kappa shape index (κ2) is 6.33. The molecule has 0 bridgehead atoms. The zero-order valence-corrected chi connectivity index (χ0v) is 11.6. The topological polar surface area (TPSA) is 72.2 Å². The maximum atomic E-state index is 13.3. The molecule has 0 fully saturated rings. The fourth-order valence-electron chi connectivity index (χ4n) is 1.53. The van der Waals surface area contributed by atoms with Gasteiger partial charge in [0.15, 0.2) is 11.6 Å². The molecule has 0 aliphatic heterocycles. The molecule has 2 N–H and O–H groups in total. The second-order valence-electron chi connectivity index (χ2n) is 4.51. The Kier molecular flexibility index (Phi) is 4.52. The molecule has 2 rings (SSSR count). The van der Waals surface area contributed by atoms with Gasteiger partial charge in [0.2, 0.25) is 5.89 Å². The number of halogens is 1. The van der Waals surface area contributed by atoms with Gasteiger partial charge in [0.1, 0.15) is 0 Å². The number of methoxy groups -OCH3 is 1. The van der Waals surface area contributed by atoms with E-state index in [1.165, 1.54) is 19.2 Å². The zero-order chi connectivity index (χ0) is 14.5. The molecule has 1 heterocycles. The van der Waals surface area contributed by atoms with Crippen LogP contribution in [0.15, 0.2) is 22.6 Å². The molecule has 0 atom stereocenters. The van der Waals surface area contributed by atoms with E-state index in [1.54, 1.807) is 6.07 Å². The number of nitrogens with zero attached hydrogens (tertiary/aromatic N) is 2. The summed E-state index contributed by atoms with van der Waals surface area (Å²) in [6, 6.07) is 4.97. The highest BCUT2D eigenvalue weighted by Crippen LogP contribution is 2.23. The first-order valence-electron chi connectivity index (χ1n) is 6.25. The molecule has 0 unspecified atom stereocenters. The number of ether oxygens (including phenoxy) is 1. The lowest BCUT2D eigenvalue weighted by Gasteiger charge is -2.05. The quantitative estimate of drug-likeness (QED) is 0.847. The molecular formula is C13H17FN4O2. The first kappa shape index (κ1) is 14.3. The summed E-state index contributed by atoms with van der Waals surface area (Å²) in [6.07, 6.45) is 0. The highest BCUT2D eigenvalue weighted by molar-refractivity contribution is 5.55. The standard InChI is InChI=1S/C13H17FN4O2/c1-8(2)15-7-12-17-18-13(20-12)16-9-4-5-10(14)11(6-9)19-3/h4-6,8,15H,7H2,1-3H3,(H,16,18). The molecule has 1 aromatic heterocycles. The summed E-state index contributed by atoms with van der Waals surface area (Å²) in [7, 11) is 1.41. The van der Waals surface area contributed by atoms with Crippen molar-refractivity contribution in [3.63, 3.8) is 0 Å². The average molecular weight is 280 g/mol. The van der Waals surface area contributed by atoms with Crippen LogP contribution in [0.5, 0.6) is 5.75 Å². The number of anilines is 2. The van der Waals surface area contributed by atoms with Gasteiger partial charge < -0.3 is 19.8 Å². The van der Waals surface area contributed by atoms with Gasteiger partial charge >= 0.3 is 6.01 Å². The van der Waals surface area contributed by atoms with Crippen molar-refractivity contribution >= 4 is 11.7 Å². The summed E-state index contributed by atoms with van der Waals surface area (Å²) < 4.78 is 23.6.